The van der Waals surface area contributed by atoms with Crippen molar-refractivity contribution in [3.8, 4) is 0 Å². The minimum absolute atomic E-state index is 0.0151. The van der Waals surface area contributed by atoms with E-state index in [4.69, 9.17) is 23.2 Å². The van der Waals surface area contributed by atoms with Crippen LogP contribution in [0.5, 0.6) is 0 Å². The molecule has 0 spiro atoms. The average Bonchev–Trinajstić information content (AvgIpc) is 2.72. The van der Waals surface area contributed by atoms with E-state index < -0.39 is 17.9 Å². The Morgan fingerprint density at radius 2 is 1.92 bits per heavy atom. The lowest BCUT2D eigenvalue weighted by molar-refractivity contribution is -0.175. The fraction of sp³-hybridized carbons (Fsp3) is 0.467. The number of carbonyl (C=O) groups excluding carboxylic acids is 2. The van der Waals surface area contributed by atoms with E-state index in [9.17, 15) is 22.8 Å². The number of ketones is 1. The number of Topliss-reactive ketones (excluding diaryl/α,β-unsaturated/α-hetero) is 1. The van der Waals surface area contributed by atoms with Crippen molar-refractivity contribution in [3.05, 3.63) is 21.7 Å². The molecule has 0 aliphatic carbocycles. The van der Waals surface area contributed by atoms with Gasteiger partial charge in [-0.25, -0.2) is 0 Å². The molecule has 0 saturated carbocycles. The molecule has 0 aromatic heterocycles. The van der Waals surface area contributed by atoms with Crippen LogP contribution >= 0.6 is 35.0 Å². The molecular formula is C15H15Cl2F3N2O2S. The third-order valence-corrected chi connectivity index (χ3v) is 5.68. The number of thioether (sulfide) groups is 1. The number of anilines is 1. The number of amides is 1. The number of carbonyl (C=O) groups is 2. The lowest BCUT2D eigenvalue weighted by atomic mass is 9.96. The second kappa shape index (κ2) is 7.63. The summed E-state index contributed by atoms with van der Waals surface area (Å²) in [5, 5.41) is 3.02. The molecule has 0 radical (unpaired) electrons. The molecule has 25 heavy (non-hydrogen) atoms. The van der Waals surface area contributed by atoms with Crippen LogP contribution in [0.3, 0.4) is 0 Å². The van der Waals surface area contributed by atoms with Crippen LogP contribution in [0.1, 0.15) is 12.0 Å². The first-order valence-electron chi connectivity index (χ1n) is 7.27. The van der Waals surface area contributed by atoms with Gasteiger partial charge in [0.1, 0.15) is 0 Å². The highest BCUT2D eigenvalue weighted by atomic mass is 35.5. The van der Waals surface area contributed by atoms with Crippen LogP contribution < -0.4 is 5.32 Å². The van der Waals surface area contributed by atoms with Crippen LogP contribution in [0.15, 0.2) is 11.0 Å². The second-order valence-corrected chi connectivity index (χ2v) is 7.54. The lowest BCUT2D eigenvalue weighted by Crippen LogP contribution is -2.34. The zero-order valence-electron chi connectivity index (χ0n) is 13.3. The largest absolute Gasteiger partial charge is 0.450 e. The summed E-state index contributed by atoms with van der Waals surface area (Å²) in [5.74, 6) is -2.99. The van der Waals surface area contributed by atoms with Gasteiger partial charge in [-0.2, -0.15) is 13.2 Å². The van der Waals surface area contributed by atoms with Gasteiger partial charge >= 0.3 is 6.18 Å². The Balaban J connectivity index is 2.37. The topological polar surface area (TPSA) is 49.4 Å². The molecule has 1 aromatic carbocycles. The number of benzene rings is 1. The molecule has 1 amide bonds. The fourth-order valence-electron chi connectivity index (χ4n) is 2.47. The van der Waals surface area contributed by atoms with E-state index in [-0.39, 0.29) is 34.7 Å². The molecule has 2 rings (SSSR count). The van der Waals surface area contributed by atoms with Crippen LogP contribution in [0.25, 0.3) is 0 Å². The third-order valence-electron chi connectivity index (χ3n) is 3.76. The number of hydrogen-bond acceptors (Lipinski definition) is 4. The highest BCUT2D eigenvalue weighted by Gasteiger charge is 2.43. The summed E-state index contributed by atoms with van der Waals surface area (Å²) in [6.07, 6.45) is -4.75. The molecule has 4 nitrogen and oxygen atoms in total. The van der Waals surface area contributed by atoms with Crippen molar-refractivity contribution in [2.75, 3.05) is 26.0 Å². The zero-order chi connectivity index (χ0) is 18.9. The molecule has 138 valence electrons. The smallest absolute Gasteiger partial charge is 0.383 e. The second-order valence-electron chi connectivity index (χ2n) is 5.76. The maximum Gasteiger partial charge on any atom is 0.450 e. The summed E-state index contributed by atoms with van der Waals surface area (Å²) in [6, 6.07) is 1.44. The number of hydrogen-bond donors (Lipinski definition) is 1. The molecular weight excluding hydrogens is 400 g/mol. The van der Waals surface area contributed by atoms with Crippen molar-refractivity contribution in [1.29, 1.82) is 0 Å². The van der Waals surface area contributed by atoms with Crippen molar-refractivity contribution >= 4 is 51.7 Å². The van der Waals surface area contributed by atoms with Gasteiger partial charge in [0.2, 0.25) is 5.78 Å². The standard InChI is InChI=1S/C15H15Cl2F3N2O2S/c1-22(2)14(24)25-12-8-4-3-7(13(23)15(18,19)20)6-21-11(8)9(16)5-10(12)17/h5,7,21H,3-4,6H2,1-2H3. The normalized spacial score (nSPS) is 17.3. The first kappa shape index (κ1) is 20.2. The van der Waals surface area contributed by atoms with Gasteiger partial charge in [0.15, 0.2) is 0 Å². The van der Waals surface area contributed by atoms with Crippen LogP contribution in [0.4, 0.5) is 23.7 Å². The monoisotopic (exact) mass is 414 g/mol. The highest BCUT2D eigenvalue weighted by Crippen LogP contribution is 2.43. The number of halogens is 5. The van der Waals surface area contributed by atoms with Crippen LogP contribution in [-0.4, -0.2) is 42.7 Å². The summed E-state index contributed by atoms with van der Waals surface area (Å²) in [4.78, 5) is 25.3. The highest BCUT2D eigenvalue weighted by molar-refractivity contribution is 8.13. The third kappa shape index (κ3) is 4.54. The lowest BCUT2D eigenvalue weighted by Gasteiger charge is -2.17. The Morgan fingerprint density at radius 1 is 1.28 bits per heavy atom. The van der Waals surface area contributed by atoms with Gasteiger partial charge in [-0.05, 0) is 36.2 Å². The van der Waals surface area contributed by atoms with E-state index in [1.54, 1.807) is 14.1 Å². The molecule has 1 unspecified atom stereocenters. The molecule has 1 atom stereocenters. The minimum Gasteiger partial charge on any atom is -0.383 e. The quantitative estimate of drug-likeness (QED) is 0.701. The summed E-state index contributed by atoms with van der Waals surface area (Å²) in [7, 11) is 3.15. The van der Waals surface area contributed by atoms with Crippen molar-refractivity contribution in [1.82, 2.24) is 4.90 Å². The Labute approximate surface area is 157 Å². The van der Waals surface area contributed by atoms with E-state index in [0.717, 1.165) is 11.8 Å². The predicted octanol–water partition coefficient (Wildman–Crippen LogP) is 4.87. The average molecular weight is 415 g/mol. The molecule has 1 aliphatic heterocycles. The molecule has 1 heterocycles. The van der Waals surface area contributed by atoms with Crippen molar-refractivity contribution < 1.29 is 22.8 Å². The number of alkyl halides is 3. The van der Waals surface area contributed by atoms with E-state index in [1.807, 2.05) is 0 Å². The Hall–Kier alpha value is -1.12. The molecule has 1 aliphatic rings. The molecule has 0 fully saturated rings. The minimum atomic E-state index is -4.89. The van der Waals surface area contributed by atoms with Gasteiger partial charge in [-0.3, -0.25) is 9.59 Å². The van der Waals surface area contributed by atoms with Crippen molar-refractivity contribution in [3.63, 3.8) is 0 Å². The van der Waals surface area contributed by atoms with E-state index in [2.05, 4.69) is 5.32 Å². The maximum absolute atomic E-state index is 12.7. The van der Waals surface area contributed by atoms with E-state index in [1.165, 1.54) is 11.0 Å². The first-order valence-corrected chi connectivity index (χ1v) is 8.84. The Bertz CT molecular complexity index is 711. The van der Waals surface area contributed by atoms with Crippen molar-refractivity contribution in [2.45, 2.75) is 23.9 Å². The van der Waals surface area contributed by atoms with Gasteiger partial charge in [0.25, 0.3) is 5.24 Å². The van der Waals surface area contributed by atoms with Gasteiger partial charge in [0, 0.05) is 31.5 Å². The molecule has 1 aromatic rings. The number of nitrogens with zero attached hydrogens (tertiary/aromatic N) is 1. The summed E-state index contributed by atoms with van der Waals surface area (Å²) in [5.41, 5.74) is 0.966. The summed E-state index contributed by atoms with van der Waals surface area (Å²) in [6.45, 7) is -0.182. The Kier molecular flexibility index (Phi) is 6.17. The number of rotatable bonds is 2. The van der Waals surface area contributed by atoms with Crippen molar-refractivity contribution in [2.24, 2.45) is 5.92 Å². The Morgan fingerprint density at radius 3 is 2.48 bits per heavy atom. The zero-order valence-corrected chi connectivity index (χ0v) is 15.7. The van der Waals surface area contributed by atoms with E-state index in [0.29, 0.717) is 16.1 Å². The van der Waals surface area contributed by atoms with Gasteiger partial charge in [0.05, 0.1) is 15.7 Å². The number of nitrogens with one attached hydrogen (secondary N) is 1. The number of fused-ring (bicyclic) bond motifs is 1. The van der Waals surface area contributed by atoms with E-state index >= 15 is 0 Å². The van der Waals surface area contributed by atoms with Gasteiger partial charge in [-0.15, -0.1) is 0 Å². The van der Waals surface area contributed by atoms with Crippen LogP contribution in [0, 0.1) is 5.92 Å². The predicted molar refractivity (Wildman–Crippen MR) is 92.8 cm³/mol. The SMILES string of the molecule is CN(C)C(=O)Sc1c(Cl)cc(Cl)c2c1CCC(C(=O)C(F)(F)F)CN2. The van der Waals surface area contributed by atoms with Gasteiger partial charge in [-0.1, -0.05) is 23.2 Å². The molecule has 1 N–H and O–H groups in total. The van der Waals surface area contributed by atoms with Gasteiger partial charge < -0.3 is 10.2 Å². The molecule has 10 heteroatoms. The maximum atomic E-state index is 12.7. The first-order chi connectivity index (χ1) is 11.5. The fourth-order valence-corrected chi connectivity index (χ4v) is 4.00. The summed E-state index contributed by atoms with van der Waals surface area (Å²) >= 11 is 13.2. The summed E-state index contributed by atoms with van der Waals surface area (Å²) < 4.78 is 38.1. The molecule has 0 saturated heterocycles. The molecule has 0 bridgehead atoms. The van der Waals surface area contributed by atoms with Crippen LogP contribution in [0.2, 0.25) is 10.0 Å². The van der Waals surface area contributed by atoms with Crippen LogP contribution in [-0.2, 0) is 11.2 Å².